The molecule has 0 N–H and O–H groups in total. The number of thiazole rings is 1. The van der Waals surface area contributed by atoms with E-state index in [2.05, 4.69) is 4.98 Å². The second-order valence-corrected chi connectivity index (χ2v) is 5.98. The molecule has 0 atom stereocenters. The predicted molar refractivity (Wildman–Crippen MR) is 57.1 cm³/mol. The quantitative estimate of drug-likeness (QED) is 0.780. The summed E-state index contributed by atoms with van der Waals surface area (Å²) in [6, 6.07) is 0. The van der Waals surface area contributed by atoms with Crippen LogP contribution in [0.1, 0.15) is 30.0 Å². The molecule has 0 spiro atoms. The largest absolute Gasteiger partial charge is 0.469 e. The fourth-order valence-corrected chi connectivity index (χ4v) is 4.12. The van der Waals surface area contributed by atoms with E-state index in [0.29, 0.717) is 24.3 Å². The van der Waals surface area contributed by atoms with Crippen molar-refractivity contribution in [3.8, 4) is 0 Å². The molecule has 0 radical (unpaired) electrons. The molecule has 0 aromatic carbocycles. The monoisotopic (exact) mass is 277 g/mol. The highest BCUT2D eigenvalue weighted by Gasteiger charge is 2.74. The van der Waals surface area contributed by atoms with Crippen molar-refractivity contribution in [1.29, 1.82) is 0 Å². The second-order valence-electron chi connectivity index (χ2n) is 5.12. The van der Waals surface area contributed by atoms with Crippen molar-refractivity contribution in [2.45, 2.75) is 30.9 Å². The zero-order valence-electron chi connectivity index (χ0n) is 9.50. The van der Waals surface area contributed by atoms with Gasteiger partial charge in [-0.2, -0.15) is 13.2 Å². The van der Waals surface area contributed by atoms with Crippen molar-refractivity contribution >= 4 is 17.3 Å². The molecule has 3 fully saturated rings. The summed E-state index contributed by atoms with van der Waals surface area (Å²) in [5.74, 6) is -0.253. The average Bonchev–Trinajstić information content (AvgIpc) is 2.61. The highest BCUT2D eigenvalue weighted by molar-refractivity contribution is 7.09. The number of aromatic nitrogens is 1. The van der Waals surface area contributed by atoms with Gasteiger partial charge in [0.1, 0.15) is 0 Å². The van der Waals surface area contributed by atoms with Crippen LogP contribution >= 0.6 is 11.3 Å². The summed E-state index contributed by atoms with van der Waals surface area (Å²) in [4.78, 5) is 15.1. The van der Waals surface area contributed by atoms with Crippen LogP contribution in [0.15, 0.2) is 5.38 Å². The number of hydrogen-bond acceptors (Lipinski definition) is 4. The molecular weight excluding hydrogens is 267 g/mol. The smallest absolute Gasteiger partial charge is 0.434 e. The van der Waals surface area contributed by atoms with Crippen molar-refractivity contribution in [3.05, 3.63) is 16.1 Å². The Morgan fingerprint density at radius 1 is 1.44 bits per heavy atom. The summed E-state index contributed by atoms with van der Waals surface area (Å²) in [5.41, 5.74) is -1.58. The van der Waals surface area contributed by atoms with Gasteiger partial charge in [0.15, 0.2) is 5.69 Å². The van der Waals surface area contributed by atoms with Crippen LogP contribution in [0.3, 0.4) is 0 Å². The number of carbonyl (C=O) groups is 1. The number of nitrogens with zero attached hydrogens (tertiary/aromatic N) is 1. The Morgan fingerprint density at radius 3 is 2.50 bits per heavy atom. The highest BCUT2D eigenvalue weighted by Crippen LogP contribution is 2.74. The third-order valence-electron chi connectivity index (χ3n) is 3.90. The maximum Gasteiger partial charge on any atom is 0.434 e. The van der Waals surface area contributed by atoms with Crippen molar-refractivity contribution in [2.24, 2.45) is 5.41 Å². The Hall–Kier alpha value is -1.11. The molecule has 0 amide bonds. The molecule has 1 aromatic heterocycles. The molecule has 1 aromatic rings. The lowest BCUT2D eigenvalue weighted by atomic mass is 9.35. The third-order valence-corrected chi connectivity index (χ3v) is 4.99. The molecule has 18 heavy (non-hydrogen) atoms. The normalized spacial score (nSPS) is 33.6. The van der Waals surface area contributed by atoms with E-state index in [4.69, 9.17) is 4.74 Å². The Kier molecular flexibility index (Phi) is 2.16. The van der Waals surface area contributed by atoms with E-state index < -0.39 is 17.3 Å². The first-order chi connectivity index (χ1) is 8.31. The van der Waals surface area contributed by atoms with Gasteiger partial charge < -0.3 is 4.74 Å². The van der Waals surface area contributed by atoms with Gasteiger partial charge >= 0.3 is 12.1 Å². The van der Waals surface area contributed by atoms with E-state index >= 15 is 0 Å². The van der Waals surface area contributed by atoms with Gasteiger partial charge in [-0.05, 0) is 19.3 Å². The van der Waals surface area contributed by atoms with Gasteiger partial charge in [0.25, 0.3) is 0 Å². The van der Waals surface area contributed by atoms with Crippen molar-refractivity contribution < 1.29 is 22.7 Å². The second kappa shape index (κ2) is 3.26. The molecule has 7 heteroatoms. The lowest BCUT2D eigenvalue weighted by Gasteiger charge is -2.67. The van der Waals surface area contributed by atoms with Crippen LogP contribution in [0.5, 0.6) is 0 Å². The molecule has 3 aliphatic rings. The fourth-order valence-electron chi connectivity index (χ4n) is 3.10. The third kappa shape index (κ3) is 1.36. The Bertz CT molecular complexity index is 503. The van der Waals surface area contributed by atoms with Gasteiger partial charge in [0, 0.05) is 10.8 Å². The van der Waals surface area contributed by atoms with Gasteiger partial charge in [-0.1, -0.05) is 0 Å². The minimum absolute atomic E-state index is 0.253. The summed E-state index contributed by atoms with van der Waals surface area (Å²) in [6.45, 7) is 0. The highest BCUT2D eigenvalue weighted by atomic mass is 32.1. The Balaban J connectivity index is 1.77. The number of methoxy groups -OCH3 is 1. The molecular formula is C11H10F3NO2S. The van der Waals surface area contributed by atoms with E-state index in [1.807, 2.05) is 0 Å². The Morgan fingerprint density at radius 2 is 2.06 bits per heavy atom. The summed E-state index contributed by atoms with van der Waals surface area (Å²) in [7, 11) is 1.33. The van der Waals surface area contributed by atoms with Gasteiger partial charge in [0.05, 0.1) is 17.5 Å². The first kappa shape index (κ1) is 12.0. The van der Waals surface area contributed by atoms with Crippen molar-refractivity contribution in [3.63, 3.8) is 0 Å². The summed E-state index contributed by atoms with van der Waals surface area (Å²) >= 11 is 1.03. The average molecular weight is 277 g/mol. The number of carbonyl (C=O) groups excluding carboxylic acids is 1. The predicted octanol–water partition coefficient (Wildman–Crippen LogP) is 2.76. The summed E-state index contributed by atoms with van der Waals surface area (Å²) in [5, 5.41) is 1.54. The molecule has 2 bridgehead atoms. The first-order valence-electron chi connectivity index (χ1n) is 5.43. The zero-order valence-corrected chi connectivity index (χ0v) is 10.3. The van der Waals surface area contributed by atoms with Crippen molar-refractivity contribution in [1.82, 2.24) is 4.98 Å². The van der Waals surface area contributed by atoms with E-state index in [0.717, 1.165) is 16.7 Å². The van der Waals surface area contributed by atoms with Crippen molar-refractivity contribution in [2.75, 3.05) is 7.11 Å². The van der Waals surface area contributed by atoms with Crippen LogP contribution < -0.4 is 0 Å². The van der Waals surface area contributed by atoms with Crippen LogP contribution in [0.2, 0.25) is 0 Å². The van der Waals surface area contributed by atoms with E-state index in [-0.39, 0.29) is 11.4 Å². The summed E-state index contributed by atoms with van der Waals surface area (Å²) in [6.07, 6.45) is -2.69. The number of ether oxygens (including phenoxy) is 1. The van der Waals surface area contributed by atoms with Crippen LogP contribution in [-0.2, 0) is 21.1 Å². The number of rotatable bonds is 2. The van der Waals surface area contributed by atoms with Gasteiger partial charge in [0.2, 0.25) is 0 Å². The van der Waals surface area contributed by atoms with Crippen LogP contribution in [-0.4, -0.2) is 18.1 Å². The SMILES string of the molecule is COC(=O)C12CC(c3nc(C(F)(F)F)cs3)(C1)C2. The zero-order chi connectivity index (χ0) is 13.2. The van der Waals surface area contributed by atoms with E-state index in [1.54, 1.807) is 0 Å². The number of halogens is 3. The molecule has 0 saturated heterocycles. The molecule has 1 heterocycles. The van der Waals surface area contributed by atoms with Crippen LogP contribution in [0.25, 0.3) is 0 Å². The topological polar surface area (TPSA) is 39.2 Å². The maximum atomic E-state index is 12.5. The lowest BCUT2D eigenvalue weighted by Crippen LogP contribution is -2.68. The summed E-state index contributed by atoms with van der Waals surface area (Å²) < 4.78 is 42.1. The van der Waals surface area contributed by atoms with Crippen LogP contribution in [0.4, 0.5) is 13.2 Å². The minimum atomic E-state index is -4.39. The lowest BCUT2D eigenvalue weighted by molar-refractivity contribution is -0.198. The Labute approximate surface area is 105 Å². The number of esters is 1. The molecule has 0 unspecified atom stereocenters. The van der Waals surface area contributed by atoms with E-state index in [9.17, 15) is 18.0 Å². The molecule has 98 valence electrons. The van der Waals surface area contributed by atoms with Gasteiger partial charge in [-0.25, -0.2) is 4.98 Å². The fraction of sp³-hybridized carbons (Fsp3) is 0.636. The maximum absolute atomic E-state index is 12.5. The first-order valence-corrected chi connectivity index (χ1v) is 6.31. The van der Waals surface area contributed by atoms with Gasteiger partial charge in [-0.3, -0.25) is 4.79 Å². The number of alkyl halides is 3. The molecule has 3 aliphatic carbocycles. The molecule has 3 nitrogen and oxygen atoms in total. The standard InChI is InChI=1S/C11H10F3NO2S/c1-17-8(16)10-3-9(4-10,5-10)7-15-6(2-18-7)11(12,13)14/h2H,3-5H2,1H3. The molecule has 4 rings (SSSR count). The number of hydrogen-bond donors (Lipinski definition) is 0. The van der Waals surface area contributed by atoms with Gasteiger partial charge in [-0.15, -0.1) is 11.3 Å². The van der Waals surface area contributed by atoms with Crippen LogP contribution in [0, 0.1) is 5.41 Å². The molecule has 3 saturated carbocycles. The minimum Gasteiger partial charge on any atom is -0.469 e. The van der Waals surface area contributed by atoms with E-state index in [1.165, 1.54) is 7.11 Å². The molecule has 0 aliphatic heterocycles.